The molecule has 0 heterocycles. The number of methoxy groups -OCH3 is 1. The van der Waals surface area contributed by atoms with E-state index in [0.29, 0.717) is 40.8 Å². The van der Waals surface area contributed by atoms with Gasteiger partial charge in [0.25, 0.3) is 11.8 Å². The molecule has 0 aliphatic heterocycles. The van der Waals surface area contributed by atoms with Crippen molar-refractivity contribution in [3.63, 3.8) is 0 Å². The normalized spacial score (nSPS) is 10.6. The molecule has 0 bridgehead atoms. The molecule has 0 radical (unpaired) electrons. The number of para-hydroxylation sites is 1. The molecule has 8 nitrogen and oxygen atoms in total. The van der Waals surface area contributed by atoms with Crippen molar-refractivity contribution in [2.24, 2.45) is 0 Å². The van der Waals surface area contributed by atoms with Crippen molar-refractivity contribution in [2.75, 3.05) is 31.0 Å². The summed E-state index contributed by atoms with van der Waals surface area (Å²) in [6, 6.07) is 22.5. The number of hydrogen-bond acceptors (Lipinski definition) is 6. The Morgan fingerprint density at radius 3 is 2.14 bits per heavy atom. The van der Waals surface area contributed by atoms with Gasteiger partial charge in [0.1, 0.15) is 28.9 Å². The van der Waals surface area contributed by atoms with Gasteiger partial charge in [-0.05, 0) is 67.6 Å². The first-order valence-corrected chi connectivity index (χ1v) is 10.8. The second-order valence-electron chi connectivity index (χ2n) is 7.18. The smallest absolute Gasteiger partial charge is 0.266 e. The fraction of sp³-hybridized carbons (Fsp3) is 0.148. The molecule has 0 aliphatic carbocycles. The van der Waals surface area contributed by atoms with E-state index in [-0.39, 0.29) is 18.1 Å². The quantitative estimate of drug-likeness (QED) is 0.329. The summed E-state index contributed by atoms with van der Waals surface area (Å²) in [6.07, 6.45) is 1.42. The van der Waals surface area contributed by atoms with Gasteiger partial charge in [0, 0.05) is 16.9 Å². The number of ether oxygens (including phenoxy) is 3. The van der Waals surface area contributed by atoms with Gasteiger partial charge in [-0.1, -0.05) is 18.2 Å². The highest BCUT2D eigenvalue weighted by molar-refractivity contribution is 6.09. The monoisotopic (exact) mass is 471 g/mol. The van der Waals surface area contributed by atoms with Gasteiger partial charge in [-0.3, -0.25) is 9.59 Å². The molecular weight excluding hydrogens is 446 g/mol. The van der Waals surface area contributed by atoms with Crippen LogP contribution in [0.1, 0.15) is 12.5 Å². The van der Waals surface area contributed by atoms with E-state index in [1.165, 1.54) is 6.08 Å². The molecule has 178 valence electrons. The Morgan fingerprint density at radius 1 is 0.886 bits per heavy atom. The van der Waals surface area contributed by atoms with Crippen LogP contribution in [0, 0.1) is 11.3 Å². The molecule has 0 unspecified atom stereocenters. The molecule has 2 amide bonds. The molecular formula is C27H25N3O5. The van der Waals surface area contributed by atoms with Crippen molar-refractivity contribution in [1.82, 2.24) is 0 Å². The van der Waals surface area contributed by atoms with Crippen LogP contribution in [0.15, 0.2) is 78.4 Å². The van der Waals surface area contributed by atoms with Crippen LogP contribution in [0.4, 0.5) is 11.4 Å². The summed E-state index contributed by atoms with van der Waals surface area (Å²) in [4.78, 5) is 24.9. The van der Waals surface area contributed by atoms with Gasteiger partial charge in [-0.2, -0.15) is 5.26 Å². The van der Waals surface area contributed by atoms with E-state index in [1.54, 1.807) is 79.9 Å². The number of amides is 2. The summed E-state index contributed by atoms with van der Waals surface area (Å²) < 4.78 is 16.1. The third-order valence-corrected chi connectivity index (χ3v) is 4.74. The second-order valence-corrected chi connectivity index (χ2v) is 7.18. The number of carbonyl (C=O) groups is 2. The van der Waals surface area contributed by atoms with Gasteiger partial charge in [0.05, 0.1) is 13.7 Å². The summed E-state index contributed by atoms with van der Waals surface area (Å²) in [5, 5.41) is 15.0. The number of hydrogen-bond donors (Lipinski definition) is 2. The van der Waals surface area contributed by atoms with Crippen molar-refractivity contribution in [1.29, 1.82) is 5.26 Å². The highest BCUT2D eigenvalue weighted by Gasteiger charge is 2.12. The average Bonchev–Trinajstić information content (AvgIpc) is 2.88. The van der Waals surface area contributed by atoms with Crippen LogP contribution in [-0.4, -0.2) is 32.1 Å². The average molecular weight is 472 g/mol. The number of benzene rings is 3. The third-order valence-electron chi connectivity index (χ3n) is 4.74. The lowest BCUT2D eigenvalue weighted by atomic mass is 10.1. The maximum Gasteiger partial charge on any atom is 0.266 e. The Kier molecular flexibility index (Phi) is 8.85. The first kappa shape index (κ1) is 24.9. The van der Waals surface area contributed by atoms with Gasteiger partial charge in [0.2, 0.25) is 0 Å². The predicted molar refractivity (Wildman–Crippen MR) is 133 cm³/mol. The zero-order chi connectivity index (χ0) is 25.0. The molecule has 0 aliphatic rings. The fourth-order valence-corrected chi connectivity index (χ4v) is 3.05. The number of rotatable bonds is 10. The number of nitriles is 1. The Hall–Kier alpha value is -4.77. The molecule has 0 spiro atoms. The van der Waals surface area contributed by atoms with Crippen LogP contribution < -0.4 is 24.8 Å². The highest BCUT2D eigenvalue weighted by Crippen LogP contribution is 2.22. The maximum absolute atomic E-state index is 12.6. The molecule has 2 N–H and O–H groups in total. The number of carbonyl (C=O) groups excluding carboxylic acids is 2. The van der Waals surface area contributed by atoms with E-state index in [4.69, 9.17) is 14.2 Å². The van der Waals surface area contributed by atoms with Crippen molar-refractivity contribution in [3.8, 4) is 23.3 Å². The molecule has 0 aromatic heterocycles. The van der Waals surface area contributed by atoms with Crippen LogP contribution in [0.5, 0.6) is 17.2 Å². The minimum Gasteiger partial charge on any atom is -0.497 e. The SMILES string of the molecule is CCOc1ccc(NC(=O)C(C#N)=Cc2ccccc2OCC(=O)Nc2ccc(OC)cc2)cc1. The maximum atomic E-state index is 12.6. The molecule has 0 fully saturated rings. The van der Waals surface area contributed by atoms with Crippen LogP contribution in [-0.2, 0) is 9.59 Å². The lowest BCUT2D eigenvalue weighted by Crippen LogP contribution is -2.20. The van der Waals surface area contributed by atoms with Gasteiger partial charge >= 0.3 is 0 Å². The molecule has 0 saturated heterocycles. The molecule has 0 atom stereocenters. The number of nitrogens with one attached hydrogen (secondary N) is 2. The van der Waals surface area contributed by atoms with Gasteiger partial charge in [-0.25, -0.2) is 0 Å². The molecule has 0 saturated carbocycles. The molecule has 3 aromatic rings. The van der Waals surface area contributed by atoms with E-state index >= 15 is 0 Å². The van der Waals surface area contributed by atoms with Crippen molar-refractivity contribution < 1.29 is 23.8 Å². The molecule has 3 rings (SSSR count). The first-order chi connectivity index (χ1) is 17.0. The number of anilines is 2. The lowest BCUT2D eigenvalue weighted by molar-refractivity contribution is -0.118. The third kappa shape index (κ3) is 7.37. The van der Waals surface area contributed by atoms with E-state index in [1.807, 2.05) is 13.0 Å². The molecule has 3 aromatic carbocycles. The van der Waals surface area contributed by atoms with Gasteiger partial charge in [-0.15, -0.1) is 0 Å². The Balaban J connectivity index is 1.65. The summed E-state index contributed by atoms with van der Waals surface area (Å²) in [5.41, 5.74) is 1.51. The predicted octanol–water partition coefficient (Wildman–Crippen LogP) is 4.66. The highest BCUT2D eigenvalue weighted by atomic mass is 16.5. The standard InChI is InChI=1S/C27H25N3O5/c1-3-34-24-14-10-22(11-15-24)30-27(32)20(17-28)16-19-6-4-5-7-25(19)35-18-26(31)29-21-8-12-23(33-2)13-9-21/h4-16H,3,18H2,1-2H3,(H,29,31)(H,30,32). The first-order valence-electron chi connectivity index (χ1n) is 10.8. The number of nitrogens with zero attached hydrogens (tertiary/aromatic N) is 1. The Bertz CT molecular complexity index is 1230. The van der Waals surface area contributed by atoms with Crippen LogP contribution >= 0.6 is 0 Å². The lowest BCUT2D eigenvalue weighted by Gasteiger charge is -2.11. The van der Waals surface area contributed by atoms with Crippen molar-refractivity contribution in [3.05, 3.63) is 83.9 Å². The molecule has 35 heavy (non-hydrogen) atoms. The minimum absolute atomic E-state index is 0.113. The summed E-state index contributed by atoms with van der Waals surface area (Å²) in [7, 11) is 1.56. The van der Waals surface area contributed by atoms with Crippen LogP contribution in [0.2, 0.25) is 0 Å². The van der Waals surface area contributed by atoms with Crippen molar-refractivity contribution >= 4 is 29.3 Å². The second kappa shape index (κ2) is 12.5. The fourth-order valence-electron chi connectivity index (χ4n) is 3.05. The zero-order valence-corrected chi connectivity index (χ0v) is 19.4. The zero-order valence-electron chi connectivity index (χ0n) is 19.4. The van der Waals surface area contributed by atoms with E-state index in [9.17, 15) is 14.9 Å². The van der Waals surface area contributed by atoms with Gasteiger partial charge in [0.15, 0.2) is 6.61 Å². The summed E-state index contributed by atoms with van der Waals surface area (Å²) >= 11 is 0. The summed E-state index contributed by atoms with van der Waals surface area (Å²) in [6.45, 7) is 2.17. The Labute approximate surface area is 203 Å². The topological polar surface area (TPSA) is 110 Å². The van der Waals surface area contributed by atoms with E-state index in [0.717, 1.165) is 0 Å². The Morgan fingerprint density at radius 2 is 1.51 bits per heavy atom. The van der Waals surface area contributed by atoms with Crippen molar-refractivity contribution in [2.45, 2.75) is 6.92 Å². The minimum atomic E-state index is -0.566. The van der Waals surface area contributed by atoms with E-state index in [2.05, 4.69) is 10.6 Å². The van der Waals surface area contributed by atoms with Gasteiger partial charge < -0.3 is 24.8 Å². The van der Waals surface area contributed by atoms with E-state index < -0.39 is 5.91 Å². The van der Waals surface area contributed by atoms with Crippen LogP contribution in [0.25, 0.3) is 6.08 Å². The molecule has 8 heteroatoms. The largest absolute Gasteiger partial charge is 0.497 e. The summed E-state index contributed by atoms with van der Waals surface area (Å²) in [5.74, 6) is 0.800. The van der Waals surface area contributed by atoms with Crippen LogP contribution in [0.3, 0.4) is 0 Å².